The van der Waals surface area contributed by atoms with Crippen molar-refractivity contribution in [2.45, 2.75) is 39.3 Å². The van der Waals surface area contributed by atoms with Crippen LogP contribution in [0.25, 0.3) is 11.1 Å². The quantitative estimate of drug-likeness (QED) is 0.433. The van der Waals surface area contributed by atoms with Crippen molar-refractivity contribution >= 4 is 23.0 Å². The second kappa shape index (κ2) is 9.91. The summed E-state index contributed by atoms with van der Waals surface area (Å²) >= 11 is 0. The van der Waals surface area contributed by atoms with E-state index in [0.29, 0.717) is 24.1 Å². The number of hydrogen-bond acceptors (Lipinski definition) is 5. The lowest BCUT2D eigenvalue weighted by Gasteiger charge is -2.21. The van der Waals surface area contributed by atoms with Crippen LogP contribution in [0, 0.1) is 5.92 Å². The maximum absolute atomic E-state index is 12.5. The van der Waals surface area contributed by atoms with Crippen LogP contribution < -0.4 is 11.1 Å². The largest absolute Gasteiger partial charge is 0.464 e. The van der Waals surface area contributed by atoms with E-state index in [2.05, 4.69) is 5.32 Å². The summed E-state index contributed by atoms with van der Waals surface area (Å²) in [6, 6.07) is 15.8. The Bertz CT molecular complexity index is 1050. The molecule has 0 fully saturated rings. The lowest BCUT2D eigenvalue weighted by Crippen LogP contribution is -2.46. The van der Waals surface area contributed by atoms with Crippen LogP contribution in [0.5, 0.6) is 0 Å². The SMILES string of the molecule is CC(C)[C@H](NC(=O)Cc1ccccc1)C(=O)OCCCn1c(=O)oc2ccccc21. The fraction of sp³-hybridized carbons (Fsp3) is 0.348. The van der Waals surface area contributed by atoms with Crippen molar-refractivity contribution in [2.24, 2.45) is 5.92 Å². The van der Waals surface area contributed by atoms with Crippen LogP contribution in [-0.2, 0) is 27.3 Å². The van der Waals surface area contributed by atoms with Crippen molar-refractivity contribution in [1.82, 2.24) is 9.88 Å². The first kappa shape index (κ1) is 21.4. The predicted molar refractivity (Wildman–Crippen MR) is 113 cm³/mol. The standard InChI is InChI=1S/C23H26N2O5/c1-16(2)21(24-20(26)15-17-9-4-3-5-10-17)22(27)29-14-8-13-25-18-11-6-7-12-19(18)30-23(25)28/h3-7,9-12,16,21H,8,13-15H2,1-2H3,(H,24,26)/t21-/m0/s1. The van der Waals surface area contributed by atoms with Crippen molar-refractivity contribution < 1.29 is 18.7 Å². The molecule has 1 aromatic heterocycles. The number of amides is 1. The molecule has 0 saturated carbocycles. The van der Waals surface area contributed by atoms with Gasteiger partial charge in [-0.15, -0.1) is 0 Å². The van der Waals surface area contributed by atoms with Gasteiger partial charge in [-0.25, -0.2) is 9.59 Å². The molecule has 0 saturated heterocycles. The Labute approximate surface area is 174 Å². The lowest BCUT2D eigenvalue weighted by molar-refractivity contribution is -0.149. The molecule has 0 radical (unpaired) electrons. The van der Waals surface area contributed by atoms with Crippen molar-refractivity contribution in [2.75, 3.05) is 6.61 Å². The third-order valence-corrected chi connectivity index (χ3v) is 4.79. The summed E-state index contributed by atoms with van der Waals surface area (Å²) in [5.74, 6) is -1.25. The van der Waals surface area contributed by atoms with E-state index in [0.717, 1.165) is 5.56 Å². The van der Waals surface area contributed by atoms with Gasteiger partial charge in [0.05, 0.1) is 18.5 Å². The van der Waals surface area contributed by atoms with E-state index in [1.807, 2.05) is 56.3 Å². The van der Waals surface area contributed by atoms with E-state index in [1.54, 1.807) is 12.1 Å². The van der Waals surface area contributed by atoms with E-state index < -0.39 is 17.8 Å². The molecule has 0 spiro atoms. The number of nitrogens with one attached hydrogen (secondary N) is 1. The van der Waals surface area contributed by atoms with Gasteiger partial charge in [-0.05, 0) is 30.0 Å². The first-order valence-electron chi connectivity index (χ1n) is 10.0. The highest BCUT2D eigenvalue weighted by molar-refractivity contribution is 5.85. The summed E-state index contributed by atoms with van der Waals surface area (Å²) in [5, 5.41) is 2.77. The van der Waals surface area contributed by atoms with Crippen LogP contribution in [0.4, 0.5) is 0 Å². The number of rotatable bonds is 9. The molecule has 0 unspecified atom stereocenters. The first-order valence-corrected chi connectivity index (χ1v) is 10.0. The summed E-state index contributed by atoms with van der Waals surface area (Å²) in [5.41, 5.74) is 2.12. The van der Waals surface area contributed by atoms with E-state index in [9.17, 15) is 14.4 Å². The number of fused-ring (bicyclic) bond motifs is 1. The molecule has 2 aromatic carbocycles. The number of oxazole rings is 1. The van der Waals surface area contributed by atoms with Gasteiger partial charge in [-0.1, -0.05) is 56.3 Å². The van der Waals surface area contributed by atoms with E-state index in [1.165, 1.54) is 4.57 Å². The zero-order valence-electron chi connectivity index (χ0n) is 17.2. The fourth-order valence-corrected chi connectivity index (χ4v) is 3.21. The Morgan fingerprint density at radius 2 is 1.77 bits per heavy atom. The monoisotopic (exact) mass is 410 g/mol. The Balaban J connectivity index is 1.50. The van der Waals surface area contributed by atoms with Gasteiger partial charge >= 0.3 is 11.7 Å². The molecule has 1 amide bonds. The Hall–Kier alpha value is -3.35. The number of hydrogen-bond donors (Lipinski definition) is 1. The number of benzene rings is 2. The van der Waals surface area contributed by atoms with E-state index >= 15 is 0 Å². The number of nitrogens with zero attached hydrogens (tertiary/aromatic N) is 1. The molecule has 0 aliphatic rings. The van der Waals surface area contributed by atoms with Gasteiger partial charge in [0.15, 0.2) is 5.58 Å². The fourth-order valence-electron chi connectivity index (χ4n) is 3.21. The molecule has 0 aliphatic heterocycles. The highest BCUT2D eigenvalue weighted by atomic mass is 16.5. The van der Waals surface area contributed by atoms with Crippen LogP contribution >= 0.6 is 0 Å². The number of carbonyl (C=O) groups excluding carboxylic acids is 2. The Morgan fingerprint density at radius 3 is 2.50 bits per heavy atom. The highest BCUT2D eigenvalue weighted by Gasteiger charge is 2.25. The summed E-state index contributed by atoms with van der Waals surface area (Å²) in [6.07, 6.45) is 0.659. The zero-order chi connectivity index (χ0) is 21.5. The maximum atomic E-state index is 12.5. The zero-order valence-corrected chi connectivity index (χ0v) is 17.2. The number of ether oxygens (including phenoxy) is 1. The molecule has 1 atom stereocenters. The molecule has 158 valence electrons. The molecule has 0 bridgehead atoms. The van der Waals surface area contributed by atoms with Crippen LogP contribution in [0.1, 0.15) is 25.8 Å². The summed E-state index contributed by atoms with van der Waals surface area (Å²) in [7, 11) is 0. The number of carbonyl (C=O) groups is 2. The van der Waals surface area contributed by atoms with Crippen molar-refractivity contribution in [3.8, 4) is 0 Å². The van der Waals surface area contributed by atoms with Crippen LogP contribution in [0.3, 0.4) is 0 Å². The molecule has 1 N–H and O–H groups in total. The third-order valence-electron chi connectivity index (χ3n) is 4.79. The van der Waals surface area contributed by atoms with Gasteiger partial charge in [-0.2, -0.15) is 0 Å². The second-order valence-corrected chi connectivity index (χ2v) is 7.46. The highest BCUT2D eigenvalue weighted by Crippen LogP contribution is 2.12. The van der Waals surface area contributed by atoms with Gasteiger partial charge in [0.25, 0.3) is 0 Å². The smallest absolute Gasteiger partial charge is 0.419 e. The summed E-state index contributed by atoms with van der Waals surface area (Å²) in [4.78, 5) is 36.8. The molecule has 7 heteroatoms. The van der Waals surface area contributed by atoms with Crippen molar-refractivity contribution in [3.63, 3.8) is 0 Å². The number of aryl methyl sites for hydroxylation is 1. The minimum absolute atomic E-state index is 0.113. The maximum Gasteiger partial charge on any atom is 0.419 e. The minimum Gasteiger partial charge on any atom is -0.464 e. The molecule has 7 nitrogen and oxygen atoms in total. The van der Waals surface area contributed by atoms with Crippen LogP contribution in [0.2, 0.25) is 0 Å². The molecule has 3 rings (SSSR count). The normalized spacial score (nSPS) is 12.1. The van der Waals surface area contributed by atoms with E-state index in [-0.39, 0.29) is 24.9 Å². The molecule has 30 heavy (non-hydrogen) atoms. The van der Waals surface area contributed by atoms with Gasteiger partial charge in [0, 0.05) is 6.54 Å². The summed E-state index contributed by atoms with van der Waals surface area (Å²) in [6.45, 7) is 4.22. The second-order valence-electron chi connectivity index (χ2n) is 7.46. The number of esters is 1. The molecular weight excluding hydrogens is 384 g/mol. The average molecular weight is 410 g/mol. The van der Waals surface area contributed by atoms with Gasteiger partial charge in [-0.3, -0.25) is 9.36 Å². The van der Waals surface area contributed by atoms with Crippen molar-refractivity contribution in [1.29, 1.82) is 0 Å². The number of para-hydroxylation sites is 2. The predicted octanol–water partition coefficient (Wildman–Crippen LogP) is 2.91. The van der Waals surface area contributed by atoms with Crippen LogP contribution in [0.15, 0.2) is 63.8 Å². The number of aromatic nitrogens is 1. The molecule has 3 aromatic rings. The third kappa shape index (κ3) is 5.37. The van der Waals surface area contributed by atoms with Crippen LogP contribution in [-0.4, -0.2) is 29.1 Å². The lowest BCUT2D eigenvalue weighted by atomic mass is 10.0. The molecule has 0 aliphatic carbocycles. The first-order chi connectivity index (χ1) is 14.5. The Morgan fingerprint density at radius 1 is 1.07 bits per heavy atom. The minimum atomic E-state index is -0.723. The van der Waals surface area contributed by atoms with Gasteiger partial charge in [0.1, 0.15) is 6.04 Å². The van der Waals surface area contributed by atoms with Gasteiger partial charge in [0.2, 0.25) is 5.91 Å². The summed E-state index contributed by atoms with van der Waals surface area (Å²) < 4.78 is 12.1. The average Bonchev–Trinajstić information content (AvgIpc) is 3.05. The van der Waals surface area contributed by atoms with E-state index in [4.69, 9.17) is 9.15 Å². The Kier molecular flexibility index (Phi) is 7.06. The van der Waals surface area contributed by atoms with Crippen molar-refractivity contribution in [3.05, 3.63) is 70.7 Å². The molecular formula is C23H26N2O5. The molecule has 1 heterocycles. The topological polar surface area (TPSA) is 90.5 Å². The van der Waals surface area contributed by atoms with Gasteiger partial charge < -0.3 is 14.5 Å².